The van der Waals surface area contributed by atoms with Gasteiger partial charge in [-0.3, -0.25) is 0 Å². The fourth-order valence-corrected chi connectivity index (χ4v) is 1.81. The minimum Gasteiger partial charge on any atom is -0.396 e. The van der Waals surface area contributed by atoms with Crippen LogP contribution in [0, 0.1) is 0 Å². The van der Waals surface area contributed by atoms with Gasteiger partial charge in [0.05, 0.1) is 0 Å². The summed E-state index contributed by atoms with van der Waals surface area (Å²) in [6.45, 7) is 1.30. The van der Waals surface area contributed by atoms with Crippen molar-refractivity contribution in [1.82, 2.24) is 10.6 Å². The van der Waals surface area contributed by atoms with Gasteiger partial charge < -0.3 is 15.7 Å². The molecule has 13 heavy (non-hydrogen) atoms. The maximum Gasteiger partial charge on any atom is 0.102 e. The summed E-state index contributed by atoms with van der Waals surface area (Å²) in [5.41, 5.74) is 1.38. The normalized spacial score (nSPS) is 26.4. The monoisotopic (exact) mass is 180 g/mol. The minimum absolute atomic E-state index is 0.241. The number of aliphatic hydroxyl groups excluding tert-OH is 1. The lowest BCUT2D eigenvalue weighted by Gasteiger charge is -2.28. The molecule has 0 spiro atoms. The predicted molar refractivity (Wildman–Crippen MR) is 52.0 cm³/mol. The number of aliphatic hydroxyl groups is 1. The Labute approximate surface area is 78.5 Å². The van der Waals surface area contributed by atoms with E-state index in [0.29, 0.717) is 6.04 Å². The van der Waals surface area contributed by atoms with Crippen LogP contribution < -0.4 is 10.6 Å². The molecule has 0 aromatic carbocycles. The number of hydrogen-bond acceptors (Lipinski definition) is 3. The average Bonchev–Trinajstić information content (AvgIpc) is 2.18. The summed E-state index contributed by atoms with van der Waals surface area (Å²) in [6.07, 6.45) is 7.49. The van der Waals surface area contributed by atoms with Crippen molar-refractivity contribution in [1.29, 1.82) is 0 Å². The molecule has 0 aromatic rings. The first-order chi connectivity index (χ1) is 6.40. The van der Waals surface area contributed by atoms with E-state index in [4.69, 9.17) is 5.11 Å². The van der Waals surface area contributed by atoms with E-state index in [1.807, 2.05) is 0 Å². The van der Waals surface area contributed by atoms with Crippen molar-refractivity contribution >= 4 is 0 Å². The number of nitrogens with one attached hydrogen (secondary N) is 2. The molecule has 0 amide bonds. The molecule has 0 saturated heterocycles. The standard InChI is InChI=1S/C10H16N2O/c13-7-5-9-4-3-8-2-1-6-11-10(8)12-9/h3-4,9,11-13H,1-2,5-7H2. The van der Waals surface area contributed by atoms with Crippen LogP contribution in [-0.4, -0.2) is 24.3 Å². The quantitative estimate of drug-likeness (QED) is 0.579. The molecule has 0 aromatic heterocycles. The number of dihydropyridines is 1. The molecule has 2 aliphatic rings. The summed E-state index contributed by atoms with van der Waals surface area (Å²) in [5, 5.41) is 15.5. The van der Waals surface area contributed by atoms with Gasteiger partial charge in [0, 0.05) is 19.2 Å². The largest absolute Gasteiger partial charge is 0.396 e. The molecular formula is C10H16N2O. The second kappa shape index (κ2) is 3.83. The van der Waals surface area contributed by atoms with Gasteiger partial charge in [0.1, 0.15) is 5.82 Å². The molecule has 72 valence electrons. The fourth-order valence-electron chi connectivity index (χ4n) is 1.81. The Morgan fingerprint density at radius 2 is 2.46 bits per heavy atom. The zero-order valence-corrected chi connectivity index (χ0v) is 7.71. The van der Waals surface area contributed by atoms with Crippen LogP contribution in [-0.2, 0) is 0 Å². The third-order valence-corrected chi connectivity index (χ3v) is 2.55. The van der Waals surface area contributed by atoms with Crippen LogP contribution in [0.15, 0.2) is 23.5 Å². The summed E-state index contributed by atoms with van der Waals surface area (Å²) in [7, 11) is 0. The SMILES string of the molecule is OCCC1C=CC2=C(NCCC2)N1. The van der Waals surface area contributed by atoms with Crippen molar-refractivity contribution < 1.29 is 5.11 Å². The molecule has 0 fully saturated rings. The molecular weight excluding hydrogens is 164 g/mol. The van der Waals surface area contributed by atoms with E-state index in [0.717, 1.165) is 19.4 Å². The van der Waals surface area contributed by atoms with Gasteiger partial charge >= 0.3 is 0 Å². The first-order valence-electron chi connectivity index (χ1n) is 4.93. The van der Waals surface area contributed by atoms with Crippen LogP contribution in [0.1, 0.15) is 19.3 Å². The second-order valence-corrected chi connectivity index (χ2v) is 3.55. The highest BCUT2D eigenvalue weighted by molar-refractivity contribution is 5.31. The van der Waals surface area contributed by atoms with Crippen LogP contribution >= 0.6 is 0 Å². The Balaban J connectivity index is 2.02. The Morgan fingerprint density at radius 3 is 3.31 bits per heavy atom. The van der Waals surface area contributed by atoms with Gasteiger partial charge in [0.25, 0.3) is 0 Å². The molecule has 1 unspecified atom stereocenters. The highest BCUT2D eigenvalue weighted by Gasteiger charge is 2.16. The lowest BCUT2D eigenvalue weighted by atomic mass is 10.0. The molecule has 0 saturated carbocycles. The fraction of sp³-hybridized carbons (Fsp3) is 0.600. The summed E-state index contributed by atoms with van der Waals surface area (Å²) in [5.74, 6) is 1.17. The number of hydrogen-bond donors (Lipinski definition) is 3. The third-order valence-electron chi connectivity index (χ3n) is 2.55. The van der Waals surface area contributed by atoms with Crippen molar-refractivity contribution in [3.8, 4) is 0 Å². The zero-order chi connectivity index (χ0) is 9.10. The van der Waals surface area contributed by atoms with Gasteiger partial charge in [0.2, 0.25) is 0 Å². The summed E-state index contributed by atoms with van der Waals surface area (Å²) in [4.78, 5) is 0. The molecule has 0 aliphatic carbocycles. The lowest BCUT2D eigenvalue weighted by Crippen LogP contribution is -2.39. The van der Waals surface area contributed by atoms with Crippen LogP contribution in [0.5, 0.6) is 0 Å². The van der Waals surface area contributed by atoms with Crippen LogP contribution in [0.4, 0.5) is 0 Å². The predicted octanol–water partition coefficient (Wildman–Crippen LogP) is 0.492. The first kappa shape index (κ1) is 8.63. The molecule has 3 nitrogen and oxygen atoms in total. The van der Waals surface area contributed by atoms with Crippen LogP contribution in [0.25, 0.3) is 0 Å². The molecule has 0 radical (unpaired) electrons. The van der Waals surface area contributed by atoms with Gasteiger partial charge in [0.15, 0.2) is 0 Å². The molecule has 3 heteroatoms. The van der Waals surface area contributed by atoms with Gasteiger partial charge in [-0.2, -0.15) is 0 Å². The molecule has 2 heterocycles. The Bertz CT molecular complexity index is 245. The summed E-state index contributed by atoms with van der Waals surface area (Å²) in [6, 6.07) is 0.300. The van der Waals surface area contributed by atoms with E-state index in [1.54, 1.807) is 0 Å². The molecule has 2 rings (SSSR count). The minimum atomic E-state index is 0.241. The van der Waals surface area contributed by atoms with Crippen molar-refractivity contribution in [2.45, 2.75) is 25.3 Å². The molecule has 2 aliphatic heterocycles. The number of allylic oxidation sites excluding steroid dienone is 2. The van der Waals surface area contributed by atoms with E-state index in [2.05, 4.69) is 22.8 Å². The maximum atomic E-state index is 8.80. The van der Waals surface area contributed by atoms with Crippen molar-refractivity contribution in [2.24, 2.45) is 0 Å². The van der Waals surface area contributed by atoms with Gasteiger partial charge in [-0.15, -0.1) is 0 Å². The second-order valence-electron chi connectivity index (χ2n) is 3.55. The Hall–Kier alpha value is -0.960. The Morgan fingerprint density at radius 1 is 1.54 bits per heavy atom. The zero-order valence-electron chi connectivity index (χ0n) is 7.71. The molecule has 1 atom stereocenters. The molecule has 0 bridgehead atoms. The average molecular weight is 180 g/mol. The van der Waals surface area contributed by atoms with E-state index < -0.39 is 0 Å². The van der Waals surface area contributed by atoms with Crippen molar-refractivity contribution in [2.75, 3.05) is 13.2 Å². The first-order valence-corrected chi connectivity index (χ1v) is 4.93. The highest BCUT2D eigenvalue weighted by Crippen LogP contribution is 2.19. The summed E-state index contributed by atoms with van der Waals surface area (Å²) < 4.78 is 0. The molecule has 3 N–H and O–H groups in total. The van der Waals surface area contributed by atoms with Crippen molar-refractivity contribution in [3.05, 3.63) is 23.5 Å². The van der Waals surface area contributed by atoms with E-state index in [-0.39, 0.29) is 6.61 Å². The smallest absolute Gasteiger partial charge is 0.102 e. The van der Waals surface area contributed by atoms with Gasteiger partial charge in [-0.25, -0.2) is 0 Å². The van der Waals surface area contributed by atoms with Gasteiger partial charge in [-0.1, -0.05) is 12.2 Å². The maximum absolute atomic E-state index is 8.80. The number of rotatable bonds is 2. The van der Waals surface area contributed by atoms with Crippen LogP contribution in [0.2, 0.25) is 0 Å². The van der Waals surface area contributed by atoms with E-state index in [1.165, 1.54) is 17.8 Å². The lowest BCUT2D eigenvalue weighted by molar-refractivity contribution is 0.276. The van der Waals surface area contributed by atoms with Crippen LogP contribution in [0.3, 0.4) is 0 Å². The summed E-state index contributed by atoms with van der Waals surface area (Å²) >= 11 is 0. The van der Waals surface area contributed by atoms with E-state index >= 15 is 0 Å². The third kappa shape index (κ3) is 1.86. The Kier molecular flexibility index (Phi) is 2.54. The van der Waals surface area contributed by atoms with Crippen molar-refractivity contribution in [3.63, 3.8) is 0 Å². The van der Waals surface area contributed by atoms with Gasteiger partial charge in [-0.05, 0) is 24.8 Å². The highest BCUT2D eigenvalue weighted by atomic mass is 16.3. The van der Waals surface area contributed by atoms with E-state index in [9.17, 15) is 0 Å². The topological polar surface area (TPSA) is 44.3 Å².